The minimum absolute atomic E-state index is 0.235. The standard InChI is InChI=1S/C30H28ClNO5/c1-4-36-27-15-12-22(30(33)32-26-18-28(34-2)25(31)17-29(26)35-3)16-23(27)19-37-24-13-10-21(11-14-24)20-8-6-5-7-9-20/h5-18H,4,19H2,1-3H3,(H,32,33). The third-order valence-corrected chi connectivity index (χ3v) is 6.00. The molecule has 0 heterocycles. The first-order chi connectivity index (χ1) is 18.0. The molecule has 0 saturated carbocycles. The first-order valence-corrected chi connectivity index (χ1v) is 12.2. The molecular weight excluding hydrogens is 490 g/mol. The Morgan fingerprint density at radius 3 is 2.16 bits per heavy atom. The normalized spacial score (nSPS) is 10.5. The summed E-state index contributed by atoms with van der Waals surface area (Å²) in [7, 11) is 3.01. The van der Waals surface area contributed by atoms with Crippen molar-refractivity contribution in [3.05, 3.63) is 101 Å². The molecule has 0 spiro atoms. The largest absolute Gasteiger partial charge is 0.495 e. The zero-order chi connectivity index (χ0) is 26.2. The van der Waals surface area contributed by atoms with Crippen molar-refractivity contribution in [3.8, 4) is 34.1 Å². The number of benzene rings is 4. The van der Waals surface area contributed by atoms with Crippen LogP contribution in [0, 0.1) is 0 Å². The highest BCUT2D eigenvalue weighted by Gasteiger charge is 2.16. The molecule has 0 aliphatic heterocycles. The molecule has 1 N–H and O–H groups in total. The van der Waals surface area contributed by atoms with E-state index in [-0.39, 0.29) is 12.5 Å². The van der Waals surface area contributed by atoms with E-state index >= 15 is 0 Å². The van der Waals surface area contributed by atoms with Crippen LogP contribution in [0.3, 0.4) is 0 Å². The fraction of sp³-hybridized carbons (Fsp3) is 0.167. The maximum atomic E-state index is 13.1. The van der Waals surface area contributed by atoms with Gasteiger partial charge in [-0.3, -0.25) is 4.79 Å². The van der Waals surface area contributed by atoms with Gasteiger partial charge in [0.15, 0.2) is 0 Å². The Balaban J connectivity index is 1.51. The van der Waals surface area contributed by atoms with Crippen LogP contribution < -0.4 is 24.3 Å². The van der Waals surface area contributed by atoms with Crippen LogP contribution in [0.25, 0.3) is 11.1 Å². The fourth-order valence-electron chi connectivity index (χ4n) is 3.82. The molecule has 0 aromatic heterocycles. The van der Waals surface area contributed by atoms with E-state index in [1.165, 1.54) is 14.2 Å². The minimum Gasteiger partial charge on any atom is -0.495 e. The smallest absolute Gasteiger partial charge is 0.255 e. The maximum Gasteiger partial charge on any atom is 0.255 e. The molecule has 6 nitrogen and oxygen atoms in total. The summed E-state index contributed by atoms with van der Waals surface area (Å²) < 4.78 is 22.4. The highest BCUT2D eigenvalue weighted by molar-refractivity contribution is 6.32. The van der Waals surface area contributed by atoms with Crippen molar-refractivity contribution >= 4 is 23.2 Å². The van der Waals surface area contributed by atoms with Crippen LogP contribution in [0.5, 0.6) is 23.0 Å². The number of halogens is 1. The molecule has 0 fully saturated rings. The average molecular weight is 518 g/mol. The van der Waals surface area contributed by atoms with E-state index in [9.17, 15) is 4.79 Å². The van der Waals surface area contributed by atoms with Gasteiger partial charge in [-0.2, -0.15) is 0 Å². The third kappa shape index (κ3) is 6.35. The van der Waals surface area contributed by atoms with E-state index in [2.05, 4.69) is 17.4 Å². The van der Waals surface area contributed by atoms with Crippen molar-refractivity contribution in [3.63, 3.8) is 0 Å². The zero-order valence-electron chi connectivity index (χ0n) is 20.9. The van der Waals surface area contributed by atoms with Gasteiger partial charge < -0.3 is 24.3 Å². The van der Waals surface area contributed by atoms with Crippen LogP contribution in [-0.2, 0) is 6.61 Å². The van der Waals surface area contributed by atoms with Crippen molar-refractivity contribution < 1.29 is 23.7 Å². The van der Waals surface area contributed by atoms with Gasteiger partial charge in [-0.25, -0.2) is 0 Å². The summed E-state index contributed by atoms with van der Waals surface area (Å²) in [6, 6.07) is 26.5. The van der Waals surface area contributed by atoms with E-state index in [4.69, 9.17) is 30.5 Å². The molecule has 4 aromatic carbocycles. The number of amides is 1. The molecule has 1 amide bonds. The first-order valence-electron chi connectivity index (χ1n) is 11.8. The quantitative estimate of drug-likeness (QED) is 0.240. The number of carbonyl (C=O) groups excluding carboxylic acids is 1. The van der Waals surface area contributed by atoms with Gasteiger partial charge in [0, 0.05) is 23.3 Å². The number of ether oxygens (including phenoxy) is 4. The Kier molecular flexibility index (Phi) is 8.54. The lowest BCUT2D eigenvalue weighted by Crippen LogP contribution is -2.14. The van der Waals surface area contributed by atoms with E-state index in [1.54, 1.807) is 30.3 Å². The monoisotopic (exact) mass is 517 g/mol. The minimum atomic E-state index is -0.320. The van der Waals surface area contributed by atoms with Gasteiger partial charge in [0.1, 0.15) is 29.6 Å². The van der Waals surface area contributed by atoms with Crippen LogP contribution in [0.2, 0.25) is 5.02 Å². The van der Waals surface area contributed by atoms with E-state index in [1.807, 2.05) is 49.4 Å². The van der Waals surface area contributed by atoms with Crippen LogP contribution in [0.4, 0.5) is 5.69 Å². The fourth-order valence-corrected chi connectivity index (χ4v) is 4.05. The Hall–Kier alpha value is -4.16. The summed E-state index contributed by atoms with van der Waals surface area (Å²) in [4.78, 5) is 13.1. The number of methoxy groups -OCH3 is 2. The predicted molar refractivity (Wildman–Crippen MR) is 146 cm³/mol. The molecule has 37 heavy (non-hydrogen) atoms. The molecule has 0 unspecified atom stereocenters. The van der Waals surface area contributed by atoms with E-state index < -0.39 is 0 Å². The second-order valence-corrected chi connectivity index (χ2v) is 8.48. The van der Waals surface area contributed by atoms with Crippen molar-refractivity contribution in [2.24, 2.45) is 0 Å². The van der Waals surface area contributed by atoms with E-state index in [0.717, 1.165) is 22.4 Å². The number of carbonyl (C=O) groups is 1. The molecule has 190 valence electrons. The third-order valence-electron chi connectivity index (χ3n) is 5.70. The zero-order valence-corrected chi connectivity index (χ0v) is 21.7. The molecular formula is C30H28ClNO5. The number of hydrogen-bond donors (Lipinski definition) is 1. The molecule has 0 bridgehead atoms. The molecule has 0 aliphatic rings. The van der Waals surface area contributed by atoms with Crippen molar-refractivity contribution in [1.29, 1.82) is 0 Å². The maximum absolute atomic E-state index is 13.1. The van der Waals surface area contributed by atoms with Gasteiger partial charge in [-0.05, 0) is 48.4 Å². The van der Waals surface area contributed by atoms with Crippen molar-refractivity contribution in [1.82, 2.24) is 0 Å². The summed E-state index contributed by atoms with van der Waals surface area (Å²) in [6.45, 7) is 2.64. The van der Waals surface area contributed by atoms with E-state index in [0.29, 0.717) is 40.1 Å². The number of nitrogens with one attached hydrogen (secondary N) is 1. The summed E-state index contributed by atoms with van der Waals surface area (Å²) in [6.07, 6.45) is 0. The lowest BCUT2D eigenvalue weighted by Gasteiger charge is -2.15. The predicted octanol–water partition coefficient (Wildman–Crippen LogP) is 7.25. The molecule has 7 heteroatoms. The van der Waals surface area contributed by atoms with Crippen molar-refractivity contribution in [2.45, 2.75) is 13.5 Å². The number of rotatable bonds is 10. The number of anilines is 1. The SMILES string of the molecule is CCOc1ccc(C(=O)Nc2cc(OC)c(Cl)cc2OC)cc1COc1ccc(-c2ccccc2)cc1. The Labute approximate surface area is 221 Å². The van der Waals surface area contributed by atoms with Gasteiger partial charge in [-0.15, -0.1) is 0 Å². The lowest BCUT2D eigenvalue weighted by molar-refractivity contribution is 0.102. The summed E-state index contributed by atoms with van der Waals surface area (Å²) in [5.41, 5.74) is 3.89. The van der Waals surface area contributed by atoms with Gasteiger partial charge >= 0.3 is 0 Å². The highest BCUT2D eigenvalue weighted by atomic mass is 35.5. The molecule has 0 radical (unpaired) electrons. The second kappa shape index (κ2) is 12.2. The van der Waals surface area contributed by atoms with Crippen LogP contribution in [0.1, 0.15) is 22.8 Å². The van der Waals surface area contributed by atoms with Gasteiger partial charge in [0.05, 0.1) is 31.5 Å². The van der Waals surface area contributed by atoms with Crippen LogP contribution in [-0.4, -0.2) is 26.7 Å². The average Bonchev–Trinajstić information content (AvgIpc) is 2.94. The summed E-state index contributed by atoms with van der Waals surface area (Å²) in [5, 5.41) is 3.25. The number of hydrogen-bond acceptors (Lipinski definition) is 5. The molecule has 0 saturated heterocycles. The van der Waals surface area contributed by atoms with Gasteiger partial charge in [0.25, 0.3) is 5.91 Å². The molecule has 0 atom stereocenters. The van der Waals surface area contributed by atoms with Crippen molar-refractivity contribution in [2.75, 3.05) is 26.1 Å². The molecule has 4 rings (SSSR count). The van der Waals surface area contributed by atoms with Gasteiger partial charge in [0.2, 0.25) is 0 Å². The topological polar surface area (TPSA) is 66.0 Å². The Morgan fingerprint density at radius 2 is 1.49 bits per heavy atom. The Morgan fingerprint density at radius 1 is 0.784 bits per heavy atom. The molecule has 4 aromatic rings. The second-order valence-electron chi connectivity index (χ2n) is 8.08. The first kappa shape index (κ1) is 25.9. The van der Waals surface area contributed by atoms with Crippen LogP contribution >= 0.6 is 11.6 Å². The lowest BCUT2D eigenvalue weighted by atomic mass is 10.1. The summed E-state index contributed by atoms with van der Waals surface area (Å²) >= 11 is 6.18. The Bertz CT molecular complexity index is 1360. The summed E-state index contributed by atoms with van der Waals surface area (Å²) in [5.74, 6) is 1.91. The highest BCUT2D eigenvalue weighted by Crippen LogP contribution is 2.36. The van der Waals surface area contributed by atoms with Gasteiger partial charge in [-0.1, -0.05) is 54.1 Å². The van der Waals surface area contributed by atoms with Crippen LogP contribution in [0.15, 0.2) is 84.9 Å². The molecule has 0 aliphatic carbocycles.